The first kappa shape index (κ1) is 16.6. The second-order valence-corrected chi connectivity index (χ2v) is 5.40. The molecule has 1 rings (SSSR count). The summed E-state index contributed by atoms with van der Waals surface area (Å²) in [6, 6.07) is 1.78. The van der Waals surface area contributed by atoms with E-state index in [9.17, 15) is 0 Å². The third kappa shape index (κ3) is 4.92. The third-order valence-corrected chi connectivity index (χ3v) is 3.27. The highest BCUT2D eigenvalue weighted by molar-refractivity contribution is 5.47. The summed E-state index contributed by atoms with van der Waals surface area (Å²) in [6.45, 7) is 8.01. The van der Waals surface area contributed by atoms with Crippen molar-refractivity contribution >= 4 is 11.6 Å². The first-order chi connectivity index (χ1) is 9.39. The van der Waals surface area contributed by atoms with Crippen LogP contribution < -0.4 is 16.6 Å². The van der Waals surface area contributed by atoms with Crippen molar-refractivity contribution in [3.63, 3.8) is 0 Å². The smallest absolute Gasteiger partial charge is 0.158 e. The van der Waals surface area contributed by atoms with Crippen molar-refractivity contribution in [2.45, 2.75) is 32.9 Å². The van der Waals surface area contributed by atoms with Crippen LogP contribution in [0.15, 0.2) is 6.07 Å². The van der Waals surface area contributed by atoms with Gasteiger partial charge in [0.1, 0.15) is 18.2 Å². The topological polar surface area (TPSA) is 88.3 Å². The fraction of sp³-hybridized carbons (Fsp3) is 0.692. The molecule has 0 fully saturated rings. The van der Waals surface area contributed by atoms with Crippen LogP contribution in [0.5, 0.6) is 0 Å². The van der Waals surface area contributed by atoms with Gasteiger partial charge in [0, 0.05) is 24.8 Å². The number of hydrazine groups is 1. The highest BCUT2D eigenvalue weighted by Crippen LogP contribution is 2.15. The molecular formula is C13H26N6O. The molecule has 0 spiro atoms. The van der Waals surface area contributed by atoms with Gasteiger partial charge in [-0.15, -0.1) is 0 Å². The lowest BCUT2D eigenvalue weighted by molar-refractivity contribution is 0.128. The van der Waals surface area contributed by atoms with Gasteiger partial charge in [-0.25, -0.2) is 15.8 Å². The van der Waals surface area contributed by atoms with Gasteiger partial charge in [-0.1, -0.05) is 0 Å². The van der Waals surface area contributed by atoms with Crippen LogP contribution >= 0.6 is 0 Å². The van der Waals surface area contributed by atoms with Crippen molar-refractivity contribution in [3.8, 4) is 0 Å². The van der Waals surface area contributed by atoms with Gasteiger partial charge in [-0.2, -0.15) is 0 Å². The minimum Gasteiger partial charge on any atom is -0.374 e. The van der Waals surface area contributed by atoms with Gasteiger partial charge < -0.3 is 20.4 Å². The van der Waals surface area contributed by atoms with Crippen LogP contribution in [0.1, 0.15) is 26.6 Å². The number of hydrogen-bond acceptors (Lipinski definition) is 7. The molecule has 4 N–H and O–H groups in total. The van der Waals surface area contributed by atoms with E-state index in [1.54, 1.807) is 6.07 Å². The van der Waals surface area contributed by atoms with Gasteiger partial charge in [0.05, 0.1) is 0 Å². The van der Waals surface area contributed by atoms with E-state index >= 15 is 0 Å². The number of aromatic nitrogens is 2. The summed E-state index contributed by atoms with van der Waals surface area (Å²) in [5.74, 6) is 7.34. The zero-order valence-electron chi connectivity index (χ0n) is 13.0. The van der Waals surface area contributed by atoms with Crippen molar-refractivity contribution in [1.29, 1.82) is 0 Å². The predicted octanol–water partition coefficient (Wildman–Crippen LogP) is 1.05. The number of rotatable bonds is 8. The fourth-order valence-corrected chi connectivity index (χ4v) is 1.38. The molecule has 7 heteroatoms. The summed E-state index contributed by atoms with van der Waals surface area (Å²) in [5, 5.41) is 3.31. The number of hydrogen-bond donors (Lipinski definition) is 3. The molecule has 0 radical (unpaired) electrons. The second kappa shape index (κ2) is 7.37. The summed E-state index contributed by atoms with van der Waals surface area (Å²) in [5.41, 5.74) is 2.56. The monoisotopic (exact) mass is 282 g/mol. The number of ether oxygens (including phenoxy) is 1. The Hall–Kier alpha value is -1.44. The lowest BCUT2D eigenvalue weighted by Gasteiger charge is -2.32. The number of nitrogens with one attached hydrogen (secondary N) is 2. The first-order valence-corrected chi connectivity index (χ1v) is 6.72. The molecular weight excluding hydrogens is 256 g/mol. The number of nitrogen functional groups attached to an aromatic ring is 1. The Balaban J connectivity index is 2.78. The van der Waals surface area contributed by atoms with E-state index < -0.39 is 0 Å². The molecule has 114 valence electrons. The summed E-state index contributed by atoms with van der Waals surface area (Å²) >= 11 is 0. The Morgan fingerprint density at radius 3 is 2.50 bits per heavy atom. The molecule has 1 aromatic rings. The minimum atomic E-state index is 0.0152. The van der Waals surface area contributed by atoms with Crippen molar-refractivity contribution in [2.75, 3.05) is 38.0 Å². The van der Waals surface area contributed by atoms with E-state index in [4.69, 9.17) is 10.6 Å². The van der Waals surface area contributed by atoms with E-state index in [0.717, 1.165) is 12.4 Å². The van der Waals surface area contributed by atoms with Gasteiger partial charge in [0.25, 0.3) is 0 Å². The highest BCUT2D eigenvalue weighted by Gasteiger charge is 2.20. The van der Waals surface area contributed by atoms with Crippen molar-refractivity contribution in [1.82, 2.24) is 14.9 Å². The normalized spacial score (nSPS) is 11.8. The SMILES string of the molecule is CCOCc1nc(NN)cc(NCC(C)(C)N(C)C)n1. The summed E-state index contributed by atoms with van der Waals surface area (Å²) in [4.78, 5) is 10.8. The lowest BCUT2D eigenvalue weighted by Crippen LogP contribution is -2.44. The van der Waals surface area contributed by atoms with Gasteiger partial charge >= 0.3 is 0 Å². The van der Waals surface area contributed by atoms with Crippen LogP contribution in [0.2, 0.25) is 0 Å². The molecule has 1 heterocycles. The Kier molecular flexibility index (Phi) is 6.12. The molecule has 0 atom stereocenters. The van der Waals surface area contributed by atoms with Gasteiger partial charge in [0.15, 0.2) is 5.82 Å². The number of likely N-dealkylation sites (N-methyl/N-ethyl adjacent to an activating group) is 1. The number of nitrogens with two attached hydrogens (primary N) is 1. The molecule has 0 bridgehead atoms. The van der Waals surface area contributed by atoms with E-state index in [1.807, 2.05) is 6.92 Å². The maximum absolute atomic E-state index is 5.43. The Morgan fingerprint density at radius 1 is 1.30 bits per heavy atom. The Morgan fingerprint density at radius 2 is 1.95 bits per heavy atom. The van der Waals surface area contributed by atoms with Crippen LogP contribution in [0, 0.1) is 0 Å². The molecule has 0 unspecified atom stereocenters. The number of nitrogens with zero attached hydrogens (tertiary/aromatic N) is 3. The van der Waals surface area contributed by atoms with Crippen molar-refractivity contribution in [3.05, 3.63) is 11.9 Å². The van der Waals surface area contributed by atoms with Crippen LogP contribution in [0.4, 0.5) is 11.6 Å². The minimum absolute atomic E-state index is 0.0152. The van der Waals surface area contributed by atoms with Gasteiger partial charge in [0.2, 0.25) is 0 Å². The average molecular weight is 282 g/mol. The number of anilines is 2. The maximum atomic E-state index is 5.43. The molecule has 0 saturated heterocycles. The summed E-state index contributed by atoms with van der Waals surface area (Å²) < 4.78 is 5.33. The highest BCUT2D eigenvalue weighted by atomic mass is 16.5. The zero-order chi connectivity index (χ0) is 15.2. The van der Waals surface area contributed by atoms with E-state index in [2.05, 4.69) is 53.6 Å². The molecule has 0 aliphatic carbocycles. The van der Waals surface area contributed by atoms with Gasteiger partial charge in [-0.3, -0.25) is 0 Å². The maximum Gasteiger partial charge on any atom is 0.158 e. The van der Waals surface area contributed by atoms with Crippen molar-refractivity contribution in [2.24, 2.45) is 5.84 Å². The first-order valence-electron chi connectivity index (χ1n) is 6.72. The zero-order valence-corrected chi connectivity index (χ0v) is 13.0. The molecule has 20 heavy (non-hydrogen) atoms. The molecule has 0 aliphatic rings. The van der Waals surface area contributed by atoms with Crippen LogP contribution in [0.3, 0.4) is 0 Å². The summed E-state index contributed by atoms with van der Waals surface area (Å²) in [7, 11) is 4.10. The van der Waals surface area contributed by atoms with Crippen molar-refractivity contribution < 1.29 is 4.74 Å². The predicted molar refractivity (Wildman–Crippen MR) is 81.4 cm³/mol. The molecule has 1 aromatic heterocycles. The van der Waals surface area contributed by atoms with Gasteiger partial charge in [-0.05, 0) is 34.9 Å². The van der Waals surface area contributed by atoms with E-state index in [0.29, 0.717) is 24.9 Å². The molecule has 0 amide bonds. The second-order valence-electron chi connectivity index (χ2n) is 5.40. The lowest BCUT2D eigenvalue weighted by atomic mass is 10.0. The fourth-order valence-electron chi connectivity index (χ4n) is 1.38. The average Bonchev–Trinajstić information content (AvgIpc) is 2.42. The quantitative estimate of drug-likeness (QED) is 0.485. The van der Waals surface area contributed by atoms with Crippen LogP contribution in [0.25, 0.3) is 0 Å². The van der Waals surface area contributed by atoms with E-state index in [1.165, 1.54) is 0 Å². The molecule has 0 aliphatic heterocycles. The standard InChI is InChI=1S/C13H26N6O/c1-6-20-8-12-16-10(7-11(17-12)18-14)15-9-13(2,3)19(4)5/h7H,6,8-9,14H2,1-5H3,(H2,15,16,17,18). The third-order valence-electron chi connectivity index (χ3n) is 3.27. The molecule has 7 nitrogen and oxygen atoms in total. The summed E-state index contributed by atoms with van der Waals surface area (Å²) in [6.07, 6.45) is 0. The Bertz CT molecular complexity index is 421. The molecule has 0 saturated carbocycles. The van der Waals surface area contributed by atoms with Crippen LogP contribution in [-0.2, 0) is 11.3 Å². The van der Waals surface area contributed by atoms with Crippen LogP contribution in [-0.4, -0.2) is 47.7 Å². The largest absolute Gasteiger partial charge is 0.374 e. The molecule has 0 aromatic carbocycles. The Labute approximate surface area is 120 Å². The van der Waals surface area contributed by atoms with E-state index in [-0.39, 0.29) is 5.54 Å².